The first-order chi connectivity index (χ1) is 11.3. The molecule has 0 radical (unpaired) electrons. The van der Waals surface area contributed by atoms with Gasteiger partial charge >= 0.3 is 0 Å². The Hall–Kier alpha value is -2.67. The van der Waals surface area contributed by atoms with E-state index >= 15 is 0 Å². The second kappa shape index (κ2) is 7.06. The molecule has 1 N–H and O–H groups in total. The summed E-state index contributed by atoms with van der Waals surface area (Å²) in [5.74, 6) is 0.381. The van der Waals surface area contributed by atoms with E-state index in [1.54, 1.807) is 11.6 Å². The van der Waals surface area contributed by atoms with Crippen LogP contribution in [-0.4, -0.2) is 28.4 Å². The second-order valence-electron chi connectivity index (χ2n) is 4.80. The van der Waals surface area contributed by atoms with Crippen molar-refractivity contribution in [2.24, 2.45) is 0 Å². The lowest BCUT2D eigenvalue weighted by molar-refractivity contribution is 0.0949. The van der Waals surface area contributed by atoms with Gasteiger partial charge in [-0.25, -0.2) is 4.98 Å². The number of aromatic nitrogens is 2. The molecule has 23 heavy (non-hydrogen) atoms. The van der Waals surface area contributed by atoms with Gasteiger partial charge in [0, 0.05) is 24.3 Å². The van der Waals surface area contributed by atoms with E-state index in [9.17, 15) is 9.59 Å². The van der Waals surface area contributed by atoms with Gasteiger partial charge in [0.05, 0.1) is 6.61 Å². The molecule has 0 atom stereocenters. The minimum absolute atomic E-state index is 0.0462. The molecule has 7 heteroatoms. The molecule has 0 saturated carbocycles. The van der Waals surface area contributed by atoms with Crippen LogP contribution in [0.15, 0.2) is 52.9 Å². The number of amides is 1. The molecule has 1 amide bonds. The summed E-state index contributed by atoms with van der Waals surface area (Å²) in [5, 5.41) is 4.47. The lowest BCUT2D eigenvalue weighted by atomic mass is 10.3. The topological polar surface area (TPSA) is 72.7 Å². The fourth-order valence-electron chi connectivity index (χ4n) is 2.06. The molecule has 0 aliphatic heterocycles. The second-order valence-corrected chi connectivity index (χ2v) is 5.68. The summed E-state index contributed by atoms with van der Waals surface area (Å²) < 4.78 is 6.91. The van der Waals surface area contributed by atoms with Gasteiger partial charge in [-0.05, 0) is 18.6 Å². The molecule has 0 saturated heterocycles. The highest BCUT2D eigenvalue weighted by Gasteiger charge is 2.13. The summed E-state index contributed by atoms with van der Waals surface area (Å²) in [4.78, 5) is 28.9. The number of carbonyl (C=O) groups is 1. The number of nitrogens with zero attached hydrogens (tertiary/aromatic N) is 2. The van der Waals surface area contributed by atoms with Crippen molar-refractivity contribution < 1.29 is 9.53 Å². The van der Waals surface area contributed by atoms with Gasteiger partial charge in [-0.1, -0.05) is 18.2 Å². The maximum Gasteiger partial charge on any atom is 0.271 e. The van der Waals surface area contributed by atoms with E-state index in [4.69, 9.17) is 4.74 Å². The largest absolute Gasteiger partial charge is 0.494 e. The van der Waals surface area contributed by atoms with E-state index in [0.717, 1.165) is 5.75 Å². The lowest BCUT2D eigenvalue weighted by Crippen LogP contribution is -2.32. The molecule has 118 valence electrons. The van der Waals surface area contributed by atoms with Crippen LogP contribution < -0.4 is 15.6 Å². The monoisotopic (exact) mass is 329 g/mol. The molecule has 2 heterocycles. The molecule has 0 fully saturated rings. The van der Waals surface area contributed by atoms with Gasteiger partial charge in [-0.15, -0.1) is 11.3 Å². The minimum atomic E-state index is -0.414. The number of carbonyl (C=O) groups excluding carboxylic acids is 1. The number of nitrogens with one attached hydrogen (secondary N) is 1. The summed E-state index contributed by atoms with van der Waals surface area (Å²) in [6.07, 6.45) is 3.58. The normalized spacial score (nSPS) is 10.6. The van der Waals surface area contributed by atoms with E-state index in [-0.39, 0.29) is 11.1 Å². The maximum atomic E-state index is 12.1. The predicted molar refractivity (Wildman–Crippen MR) is 88.2 cm³/mol. The van der Waals surface area contributed by atoms with E-state index in [2.05, 4.69) is 10.3 Å². The number of rotatable bonds is 6. The van der Waals surface area contributed by atoms with Crippen molar-refractivity contribution in [3.05, 3.63) is 64.0 Å². The zero-order chi connectivity index (χ0) is 16.1. The van der Waals surface area contributed by atoms with Crippen molar-refractivity contribution in [1.82, 2.24) is 14.7 Å². The summed E-state index contributed by atoms with van der Waals surface area (Å²) in [5.41, 5.74) is -0.306. The average molecular weight is 329 g/mol. The first-order valence-electron chi connectivity index (χ1n) is 7.16. The summed E-state index contributed by atoms with van der Waals surface area (Å²) >= 11 is 1.35. The third-order valence-corrected chi connectivity index (χ3v) is 3.98. The molecule has 0 spiro atoms. The summed E-state index contributed by atoms with van der Waals surface area (Å²) in [6, 6.07) is 9.47. The molecule has 3 aromatic rings. The summed E-state index contributed by atoms with van der Waals surface area (Å²) in [6.45, 7) is 0.919. The Morgan fingerprint density at radius 3 is 2.96 bits per heavy atom. The van der Waals surface area contributed by atoms with Crippen LogP contribution in [0.1, 0.15) is 16.8 Å². The van der Waals surface area contributed by atoms with Crippen molar-refractivity contribution in [2.45, 2.75) is 6.42 Å². The van der Waals surface area contributed by atoms with Gasteiger partial charge in [0.1, 0.15) is 11.3 Å². The number of para-hydroxylation sites is 1. The summed E-state index contributed by atoms with van der Waals surface area (Å²) in [7, 11) is 0. The van der Waals surface area contributed by atoms with Crippen molar-refractivity contribution in [2.75, 3.05) is 13.2 Å². The van der Waals surface area contributed by atoms with Crippen LogP contribution in [0, 0.1) is 0 Å². The van der Waals surface area contributed by atoms with Crippen LogP contribution in [0.5, 0.6) is 5.75 Å². The average Bonchev–Trinajstić information content (AvgIpc) is 3.05. The first kappa shape index (κ1) is 15.2. The number of benzene rings is 1. The Morgan fingerprint density at radius 1 is 1.30 bits per heavy atom. The van der Waals surface area contributed by atoms with Crippen molar-refractivity contribution in [3.8, 4) is 5.75 Å². The van der Waals surface area contributed by atoms with Gasteiger partial charge in [0.2, 0.25) is 0 Å². The van der Waals surface area contributed by atoms with Crippen molar-refractivity contribution in [3.63, 3.8) is 0 Å². The van der Waals surface area contributed by atoms with E-state index in [1.807, 2.05) is 30.3 Å². The number of ether oxygens (including phenoxy) is 1. The molecule has 6 nitrogen and oxygen atoms in total. The first-order valence-corrected chi connectivity index (χ1v) is 8.04. The van der Waals surface area contributed by atoms with Crippen molar-refractivity contribution >= 4 is 22.2 Å². The fraction of sp³-hybridized carbons (Fsp3) is 0.188. The number of thiazole rings is 1. The molecular formula is C16H15N3O3S. The Kier molecular flexibility index (Phi) is 4.68. The Balaban J connectivity index is 1.51. The standard InChI is InChI=1S/C16H15N3O3S/c20-14(13-11-18-16-19(15(13)21)8-10-23-16)17-7-4-9-22-12-5-2-1-3-6-12/h1-3,5-6,8,10-11H,4,7,9H2,(H,17,20). The van der Waals surface area contributed by atoms with Gasteiger partial charge in [-0.2, -0.15) is 0 Å². The Morgan fingerprint density at radius 2 is 2.13 bits per heavy atom. The Bertz CT molecular complexity index is 858. The number of fused-ring (bicyclic) bond motifs is 1. The highest BCUT2D eigenvalue weighted by Crippen LogP contribution is 2.08. The van der Waals surface area contributed by atoms with E-state index in [0.29, 0.717) is 24.5 Å². The maximum absolute atomic E-state index is 12.1. The zero-order valence-corrected chi connectivity index (χ0v) is 13.1. The van der Waals surface area contributed by atoms with E-state index in [1.165, 1.54) is 21.9 Å². The predicted octanol–water partition coefficient (Wildman–Crippen LogP) is 1.95. The SMILES string of the molecule is O=C(NCCCOc1ccccc1)c1cnc2sccn2c1=O. The van der Waals surface area contributed by atoms with Crippen LogP contribution in [0.2, 0.25) is 0 Å². The van der Waals surface area contributed by atoms with Gasteiger partial charge in [0.25, 0.3) is 11.5 Å². The molecule has 0 unspecified atom stereocenters. The van der Waals surface area contributed by atoms with Crippen LogP contribution in [0.4, 0.5) is 0 Å². The third kappa shape index (κ3) is 3.57. The zero-order valence-electron chi connectivity index (χ0n) is 12.3. The molecule has 3 rings (SSSR count). The quantitative estimate of drug-likeness (QED) is 0.702. The van der Waals surface area contributed by atoms with Gasteiger partial charge < -0.3 is 10.1 Å². The van der Waals surface area contributed by atoms with Crippen LogP contribution in [-0.2, 0) is 0 Å². The minimum Gasteiger partial charge on any atom is -0.494 e. The highest BCUT2D eigenvalue weighted by atomic mass is 32.1. The van der Waals surface area contributed by atoms with Crippen LogP contribution in [0.3, 0.4) is 0 Å². The van der Waals surface area contributed by atoms with Crippen molar-refractivity contribution in [1.29, 1.82) is 0 Å². The molecule has 0 aliphatic rings. The lowest BCUT2D eigenvalue weighted by Gasteiger charge is -2.07. The molecule has 1 aromatic carbocycles. The van der Waals surface area contributed by atoms with Gasteiger partial charge in [0.15, 0.2) is 4.96 Å². The molecular weight excluding hydrogens is 314 g/mol. The van der Waals surface area contributed by atoms with Crippen LogP contribution >= 0.6 is 11.3 Å². The van der Waals surface area contributed by atoms with E-state index < -0.39 is 5.91 Å². The smallest absolute Gasteiger partial charge is 0.271 e. The van der Waals surface area contributed by atoms with Crippen LogP contribution in [0.25, 0.3) is 4.96 Å². The number of hydrogen-bond acceptors (Lipinski definition) is 5. The fourth-order valence-corrected chi connectivity index (χ4v) is 2.73. The highest BCUT2D eigenvalue weighted by molar-refractivity contribution is 7.15. The third-order valence-electron chi connectivity index (χ3n) is 3.21. The molecule has 0 bridgehead atoms. The number of hydrogen-bond donors (Lipinski definition) is 1. The molecule has 2 aromatic heterocycles. The Labute approximate surface area is 136 Å². The molecule has 0 aliphatic carbocycles. The van der Waals surface area contributed by atoms with Gasteiger partial charge in [-0.3, -0.25) is 14.0 Å².